The molecule has 1 aliphatic carbocycles. The van der Waals surface area contributed by atoms with Crippen molar-refractivity contribution >= 4 is 22.7 Å². The highest BCUT2D eigenvalue weighted by Crippen LogP contribution is 2.47. The Morgan fingerprint density at radius 1 is 0.667 bits per heavy atom. The third-order valence-corrected chi connectivity index (χ3v) is 9.59. The number of fused-ring (bicyclic) bond motifs is 1. The number of nitrogens with zero attached hydrogens (tertiary/aromatic N) is 2. The van der Waals surface area contributed by atoms with Gasteiger partial charge in [0, 0.05) is 40.9 Å². The van der Waals surface area contributed by atoms with Gasteiger partial charge in [-0.25, -0.2) is 0 Å². The molecule has 240 valence electrons. The number of aryl methyl sites for hydroxylation is 1. The highest BCUT2D eigenvalue weighted by atomic mass is 15.1. The molecule has 1 atom stereocenters. The Labute approximate surface area is 287 Å². The van der Waals surface area contributed by atoms with E-state index in [0.29, 0.717) is 0 Å². The molecule has 1 unspecified atom stereocenters. The van der Waals surface area contributed by atoms with E-state index in [-0.39, 0.29) is 5.41 Å². The zero-order valence-corrected chi connectivity index (χ0v) is 28.9. The average Bonchev–Trinajstić information content (AvgIpc) is 3.20. The molecule has 0 bridgehead atoms. The maximum absolute atomic E-state index is 2.43. The number of rotatable bonds is 8. The van der Waals surface area contributed by atoms with Gasteiger partial charge in [0.05, 0.1) is 0 Å². The van der Waals surface area contributed by atoms with Gasteiger partial charge in [-0.05, 0) is 117 Å². The second kappa shape index (κ2) is 14.6. The van der Waals surface area contributed by atoms with E-state index in [1.54, 1.807) is 0 Å². The van der Waals surface area contributed by atoms with Gasteiger partial charge in [0.2, 0.25) is 0 Å². The van der Waals surface area contributed by atoms with Crippen LogP contribution in [-0.2, 0) is 11.8 Å². The number of hydrogen-bond donors (Lipinski definition) is 0. The summed E-state index contributed by atoms with van der Waals surface area (Å²) < 4.78 is 0. The van der Waals surface area contributed by atoms with Crippen molar-refractivity contribution in [3.05, 3.63) is 203 Å². The number of para-hydroxylation sites is 2. The highest BCUT2D eigenvalue weighted by Gasteiger charge is 2.38. The van der Waals surface area contributed by atoms with Gasteiger partial charge in [0.15, 0.2) is 0 Å². The van der Waals surface area contributed by atoms with Crippen LogP contribution < -0.4 is 9.80 Å². The minimum Gasteiger partial charge on any atom is -0.345 e. The molecule has 0 radical (unpaired) electrons. The SMILES string of the molecule is C/C=C\C(=C/C)N(c1ccccc1)c1ccc(C2(c3ccc(N(C)c4ccccc4)cc3)C/C=C(C)\C=C/Cc3ccc(C)cc32)cc1. The van der Waals surface area contributed by atoms with Crippen molar-refractivity contribution in [1.29, 1.82) is 0 Å². The van der Waals surface area contributed by atoms with E-state index < -0.39 is 0 Å². The molecule has 0 aromatic heterocycles. The van der Waals surface area contributed by atoms with Gasteiger partial charge < -0.3 is 9.80 Å². The maximum atomic E-state index is 2.43. The van der Waals surface area contributed by atoms with Crippen LogP contribution in [0.5, 0.6) is 0 Å². The Kier molecular flexibility index (Phi) is 9.92. The summed E-state index contributed by atoms with van der Waals surface area (Å²) in [6.45, 7) is 8.62. The molecule has 0 fully saturated rings. The zero-order chi connectivity index (χ0) is 33.5. The Morgan fingerprint density at radius 3 is 1.83 bits per heavy atom. The van der Waals surface area contributed by atoms with Crippen LogP contribution in [0.4, 0.5) is 22.7 Å². The molecule has 48 heavy (non-hydrogen) atoms. The second-order valence-electron chi connectivity index (χ2n) is 12.7. The summed E-state index contributed by atoms with van der Waals surface area (Å²) in [6, 6.07) is 46.8. The summed E-state index contributed by atoms with van der Waals surface area (Å²) in [5.74, 6) is 0. The van der Waals surface area contributed by atoms with E-state index in [2.05, 4.69) is 208 Å². The second-order valence-corrected chi connectivity index (χ2v) is 12.7. The maximum Gasteiger partial charge on any atom is 0.0488 e. The van der Waals surface area contributed by atoms with Crippen LogP contribution in [0.3, 0.4) is 0 Å². The molecule has 0 heterocycles. The van der Waals surface area contributed by atoms with Crippen LogP contribution in [0.15, 0.2) is 175 Å². The monoisotopic (exact) mass is 626 g/mol. The van der Waals surface area contributed by atoms with Gasteiger partial charge in [0.1, 0.15) is 0 Å². The minimum atomic E-state index is -0.388. The van der Waals surface area contributed by atoms with Crippen molar-refractivity contribution in [3.63, 3.8) is 0 Å². The predicted octanol–water partition coefficient (Wildman–Crippen LogP) is 12.2. The lowest BCUT2D eigenvalue weighted by Crippen LogP contribution is -2.30. The first-order chi connectivity index (χ1) is 23.4. The summed E-state index contributed by atoms with van der Waals surface area (Å²) in [6.07, 6.45) is 15.2. The Hall–Kier alpha value is -5.34. The van der Waals surface area contributed by atoms with Gasteiger partial charge in [-0.2, -0.15) is 0 Å². The lowest BCUT2D eigenvalue weighted by molar-refractivity contribution is 0.620. The molecule has 0 N–H and O–H groups in total. The van der Waals surface area contributed by atoms with E-state index in [9.17, 15) is 0 Å². The third kappa shape index (κ3) is 6.57. The van der Waals surface area contributed by atoms with E-state index in [4.69, 9.17) is 0 Å². The van der Waals surface area contributed by atoms with Gasteiger partial charge in [0.25, 0.3) is 0 Å². The van der Waals surface area contributed by atoms with Gasteiger partial charge in [-0.15, -0.1) is 0 Å². The summed E-state index contributed by atoms with van der Waals surface area (Å²) in [4.78, 5) is 4.59. The normalized spacial score (nSPS) is 18.2. The number of benzene rings is 5. The van der Waals surface area contributed by atoms with Crippen LogP contribution in [0.25, 0.3) is 0 Å². The first-order valence-electron chi connectivity index (χ1n) is 17.0. The molecule has 5 aromatic rings. The largest absolute Gasteiger partial charge is 0.345 e. The van der Waals surface area contributed by atoms with Gasteiger partial charge in [-0.3, -0.25) is 0 Å². The van der Waals surface area contributed by atoms with Crippen LogP contribution >= 0.6 is 0 Å². The molecule has 2 heteroatoms. The molecule has 0 amide bonds. The molecule has 2 nitrogen and oxygen atoms in total. The molecule has 5 aromatic carbocycles. The topological polar surface area (TPSA) is 6.48 Å². The quantitative estimate of drug-likeness (QED) is 0.158. The molecule has 6 rings (SSSR count). The minimum absolute atomic E-state index is 0.388. The Balaban J connectivity index is 1.54. The van der Waals surface area contributed by atoms with Crippen LogP contribution in [0, 0.1) is 6.92 Å². The van der Waals surface area contributed by atoms with Gasteiger partial charge in [-0.1, -0.05) is 120 Å². The standard InChI is InChI=1S/C46H46N2/c1-6-15-40(7-2)48(43-20-12-9-13-21-43)44-30-26-39(27-31-44)46(33-32-35(3)16-14-17-37-23-22-36(4)34-45(37)46)38-24-28-42(29-25-38)47(5)41-18-10-8-11-19-41/h6-16,18-32,34H,17,33H2,1-5H3/b15-6-,16-14-,35-32-,40-7+. The fourth-order valence-electron chi connectivity index (χ4n) is 7.00. The van der Waals surface area contributed by atoms with E-state index in [1.807, 2.05) is 0 Å². The third-order valence-electron chi connectivity index (χ3n) is 9.59. The summed E-state index contributed by atoms with van der Waals surface area (Å²) in [5.41, 5.74) is 13.2. The fourth-order valence-corrected chi connectivity index (χ4v) is 7.00. The fraction of sp³-hybridized carbons (Fsp3) is 0.174. The van der Waals surface area contributed by atoms with Crippen molar-refractivity contribution in [3.8, 4) is 0 Å². The molecule has 0 saturated heterocycles. The first-order valence-corrected chi connectivity index (χ1v) is 17.0. The average molecular weight is 627 g/mol. The van der Waals surface area contributed by atoms with Gasteiger partial charge >= 0.3 is 0 Å². The van der Waals surface area contributed by atoms with Crippen molar-refractivity contribution in [2.45, 2.75) is 46.0 Å². The molecule has 0 spiro atoms. The lowest BCUT2D eigenvalue weighted by atomic mass is 9.65. The Morgan fingerprint density at radius 2 is 1.23 bits per heavy atom. The molecular weight excluding hydrogens is 581 g/mol. The van der Waals surface area contributed by atoms with Crippen molar-refractivity contribution in [2.24, 2.45) is 0 Å². The van der Waals surface area contributed by atoms with E-state index in [0.717, 1.165) is 35.6 Å². The highest BCUT2D eigenvalue weighted by molar-refractivity contribution is 5.71. The molecule has 1 aliphatic rings. The molecule has 0 aliphatic heterocycles. The summed E-state index contributed by atoms with van der Waals surface area (Å²) in [7, 11) is 2.14. The van der Waals surface area contributed by atoms with Crippen molar-refractivity contribution in [1.82, 2.24) is 0 Å². The predicted molar refractivity (Wildman–Crippen MR) is 207 cm³/mol. The van der Waals surface area contributed by atoms with Crippen LogP contribution in [0.2, 0.25) is 0 Å². The zero-order valence-electron chi connectivity index (χ0n) is 28.9. The summed E-state index contributed by atoms with van der Waals surface area (Å²) >= 11 is 0. The van der Waals surface area contributed by atoms with E-state index >= 15 is 0 Å². The number of anilines is 4. The van der Waals surface area contributed by atoms with Crippen molar-refractivity contribution in [2.75, 3.05) is 16.8 Å². The first kappa shape index (κ1) is 32.6. The lowest BCUT2D eigenvalue weighted by Gasteiger charge is -2.38. The van der Waals surface area contributed by atoms with E-state index in [1.165, 1.54) is 39.1 Å². The molecular formula is C46H46N2. The number of hydrogen-bond acceptors (Lipinski definition) is 2. The summed E-state index contributed by atoms with van der Waals surface area (Å²) in [5, 5.41) is 0. The van der Waals surface area contributed by atoms with Crippen molar-refractivity contribution < 1.29 is 0 Å². The smallest absolute Gasteiger partial charge is 0.0488 e. The van der Waals surface area contributed by atoms with Crippen LogP contribution in [-0.4, -0.2) is 7.05 Å². The Bertz CT molecular complexity index is 1950. The molecule has 0 saturated carbocycles. The van der Waals surface area contributed by atoms with Crippen LogP contribution in [0.1, 0.15) is 55.0 Å². The number of allylic oxidation sites excluding steroid dienone is 7.